The predicted molar refractivity (Wildman–Crippen MR) is 87.7 cm³/mol. The fourth-order valence-corrected chi connectivity index (χ4v) is 3.64. The number of thiophene rings is 1. The number of halogens is 1. The fourth-order valence-electron chi connectivity index (χ4n) is 2.51. The smallest absolute Gasteiger partial charge is 0.259 e. The first-order chi connectivity index (χ1) is 10.2. The largest absolute Gasteiger partial charge is 0.411 e. The molecule has 1 aromatic carbocycles. The minimum atomic E-state index is -0.0245. The number of hydrogen-bond acceptors (Lipinski definition) is 4. The average molecular weight is 365 g/mol. The Morgan fingerprint density at radius 2 is 2.19 bits per heavy atom. The summed E-state index contributed by atoms with van der Waals surface area (Å²) in [5, 5.41) is 14.4. The lowest BCUT2D eigenvalue weighted by molar-refractivity contribution is 0.0987. The lowest BCUT2D eigenvalue weighted by atomic mass is 10.1. The van der Waals surface area contributed by atoms with Crippen molar-refractivity contribution in [3.63, 3.8) is 0 Å². The van der Waals surface area contributed by atoms with Crippen LogP contribution in [0, 0.1) is 0 Å². The molecule has 3 rings (SSSR count). The number of amides is 1. The maximum absolute atomic E-state index is 12.7. The molecule has 1 aliphatic heterocycles. The lowest BCUT2D eigenvalue weighted by Crippen LogP contribution is -2.31. The van der Waals surface area contributed by atoms with Crippen LogP contribution in [0.25, 0.3) is 0 Å². The molecule has 0 saturated heterocycles. The zero-order valence-electron chi connectivity index (χ0n) is 11.1. The number of carbonyl (C=O) groups excluding carboxylic acids is 1. The number of hydrogen-bond donors (Lipinski definition) is 1. The molecule has 0 radical (unpaired) electrons. The number of carbonyl (C=O) groups is 1. The van der Waals surface area contributed by atoms with Gasteiger partial charge in [0.1, 0.15) is 0 Å². The molecule has 0 saturated carbocycles. The summed E-state index contributed by atoms with van der Waals surface area (Å²) in [6.45, 7) is 0.613. The molecule has 1 aromatic heterocycles. The van der Waals surface area contributed by atoms with Crippen molar-refractivity contribution >= 4 is 44.6 Å². The molecule has 2 heterocycles. The van der Waals surface area contributed by atoms with E-state index in [1.54, 1.807) is 4.90 Å². The quantitative estimate of drug-likeness (QED) is 0.610. The molecular weight excluding hydrogens is 352 g/mol. The van der Waals surface area contributed by atoms with Crippen LogP contribution in [-0.2, 0) is 0 Å². The van der Waals surface area contributed by atoms with Gasteiger partial charge in [-0.2, -0.15) is 0 Å². The molecule has 1 amide bonds. The SMILES string of the molecule is O=C(c1csc(Br)c1)N1CCC/C(=N/O)c2ccccc21. The minimum absolute atomic E-state index is 0.0245. The Morgan fingerprint density at radius 3 is 2.90 bits per heavy atom. The molecule has 0 spiro atoms. The third-order valence-electron chi connectivity index (χ3n) is 3.48. The summed E-state index contributed by atoms with van der Waals surface area (Å²) in [7, 11) is 0. The van der Waals surface area contributed by atoms with E-state index in [2.05, 4.69) is 21.1 Å². The van der Waals surface area contributed by atoms with Crippen LogP contribution in [0.15, 0.2) is 44.7 Å². The van der Waals surface area contributed by atoms with Crippen LogP contribution in [0.5, 0.6) is 0 Å². The van der Waals surface area contributed by atoms with E-state index in [1.807, 2.05) is 35.7 Å². The van der Waals surface area contributed by atoms with Gasteiger partial charge in [-0.05, 0) is 40.9 Å². The zero-order valence-corrected chi connectivity index (χ0v) is 13.5. The Bertz CT molecular complexity index is 711. The van der Waals surface area contributed by atoms with Crippen LogP contribution in [0.1, 0.15) is 28.8 Å². The maximum Gasteiger partial charge on any atom is 0.259 e. The second kappa shape index (κ2) is 5.99. The molecule has 0 atom stereocenters. The minimum Gasteiger partial charge on any atom is -0.411 e. The Hall–Kier alpha value is -1.66. The van der Waals surface area contributed by atoms with Gasteiger partial charge in [0.25, 0.3) is 5.91 Å². The van der Waals surface area contributed by atoms with Crippen molar-refractivity contribution in [2.75, 3.05) is 11.4 Å². The lowest BCUT2D eigenvalue weighted by Gasteiger charge is -2.22. The van der Waals surface area contributed by atoms with Crippen molar-refractivity contribution < 1.29 is 10.0 Å². The molecule has 0 fully saturated rings. The van der Waals surface area contributed by atoms with Gasteiger partial charge in [0, 0.05) is 17.5 Å². The monoisotopic (exact) mass is 364 g/mol. The number of rotatable bonds is 1. The van der Waals surface area contributed by atoms with Crippen molar-refractivity contribution in [2.45, 2.75) is 12.8 Å². The number of benzene rings is 1. The molecule has 0 unspecified atom stereocenters. The number of fused-ring (bicyclic) bond motifs is 1. The summed E-state index contributed by atoms with van der Waals surface area (Å²) >= 11 is 4.88. The van der Waals surface area contributed by atoms with Crippen LogP contribution >= 0.6 is 27.3 Å². The summed E-state index contributed by atoms with van der Waals surface area (Å²) < 4.78 is 0.937. The summed E-state index contributed by atoms with van der Waals surface area (Å²) in [4.78, 5) is 14.5. The number of anilines is 1. The Balaban J connectivity index is 2.04. The van der Waals surface area contributed by atoms with Gasteiger partial charge in [-0.3, -0.25) is 4.79 Å². The second-order valence-corrected chi connectivity index (χ2v) is 7.05. The van der Waals surface area contributed by atoms with Crippen molar-refractivity contribution in [1.82, 2.24) is 0 Å². The molecule has 0 aliphatic carbocycles. The molecule has 1 N–H and O–H groups in total. The van der Waals surface area contributed by atoms with Crippen molar-refractivity contribution in [2.24, 2.45) is 5.16 Å². The Morgan fingerprint density at radius 1 is 1.38 bits per heavy atom. The standard InChI is InChI=1S/C15H13BrN2O2S/c16-14-8-10(9-21-14)15(19)18-7-3-5-12(17-20)11-4-1-2-6-13(11)18/h1-2,4,6,8-9,20H,3,5,7H2/b17-12-. The van der Waals surface area contributed by atoms with Crippen LogP contribution < -0.4 is 4.90 Å². The highest BCUT2D eigenvalue weighted by atomic mass is 79.9. The average Bonchev–Trinajstić information content (AvgIpc) is 2.84. The summed E-state index contributed by atoms with van der Waals surface area (Å²) in [5.41, 5.74) is 2.92. The van der Waals surface area contributed by atoms with E-state index < -0.39 is 0 Å². The predicted octanol–water partition coefficient (Wildman–Crippen LogP) is 4.13. The highest BCUT2D eigenvalue weighted by Gasteiger charge is 2.25. The van der Waals surface area contributed by atoms with Crippen molar-refractivity contribution in [1.29, 1.82) is 0 Å². The molecule has 1 aliphatic rings. The van der Waals surface area contributed by atoms with E-state index in [9.17, 15) is 10.0 Å². The topological polar surface area (TPSA) is 52.9 Å². The van der Waals surface area contributed by atoms with Crippen LogP contribution in [0.2, 0.25) is 0 Å². The van der Waals surface area contributed by atoms with Crippen LogP contribution in [0.4, 0.5) is 5.69 Å². The van der Waals surface area contributed by atoms with Gasteiger partial charge in [-0.25, -0.2) is 0 Å². The summed E-state index contributed by atoms with van der Waals surface area (Å²) in [6, 6.07) is 9.40. The molecule has 2 aromatic rings. The van der Waals surface area contributed by atoms with Gasteiger partial charge in [0.2, 0.25) is 0 Å². The van der Waals surface area contributed by atoms with Gasteiger partial charge in [-0.1, -0.05) is 23.4 Å². The van der Waals surface area contributed by atoms with E-state index in [0.717, 1.165) is 21.5 Å². The van der Waals surface area contributed by atoms with Crippen molar-refractivity contribution in [3.05, 3.63) is 50.6 Å². The van der Waals surface area contributed by atoms with Gasteiger partial charge in [-0.15, -0.1) is 11.3 Å². The molecule has 21 heavy (non-hydrogen) atoms. The second-order valence-electron chi connectivity index (χ2n) is 4.76. The van der Waals surface area contributed by atoms with E-state index in [1.165, 1.54) is 11.3 Å². The molecule has 4 nitrogen and oxygen atoms in total. The van der Waals surface area contributed by atoms with Gasteiger partial charge in [0.15, 0.2) is 0 Å². The fraction of sp³-hybridized carbons (Fsp3) is 0.200. The first-order valence-electron chi connectivity index (χ1n) is 6.57. The summed E-state index contributed by atoms with van der Waals surface area (Å²) in [6.07, 6.45) is 1.43. The Labute approximate surface area is 134 Å². The normalized spacial score (nSPS) is 16.6. The molecule has 6 heteroatoms. The van der Waals surface area contributed by atoms with E-state index in [4.69, 9.17) is 0 Å². The van der Waals surface area contributed by atoms with Gasteiger partial charge >= 0.3 is 0 Å². The van der Waals surface area contributed by atoms with E-state index >= 15 is 0 Å². The zero-order chi connectivity index (χ0) is 14.8. The highest BCUT2D eigenvalue weighted by Crippen LogP contribution is 2.29. The summed E-state index contributed by atoms with van der Waals surface area (Å²) in [5.74, 6) is -0.0245. The first-order valence-corrected chi connectivity index (χ1v) is 8.24. The number of oxime groups is 1. The number of para-hydroxylation sites is 1. The molecule has 0 bridgehead atoms. The molecular formula is C15H13BrN2O2S. The van der Waals surface area contributed by atoms with E-state index in [-0.39, 0.29) is 5.91 Å². The first kappa shape index (κ1) is 14.3. The van der Waals surface area contributed by atoms with Crippen LogP contribution in [-0.4, -0.2) is 23.4 Å². The van der Waals surface area contributed by atoms with Crippen LogP contribution in [0.3, 0.4) is 0 Å². The highest BCUT2D eigenvalue weighted by molar-refractivity contribution is 9.11. The molecule has 108 valence electrons. The van der Waals surface area contributed by atoms with Crippen molar-refractivity contribution in [3.8, 4) is 0 Å². The van der Waals surface area contributed by atoms with Gasteiger partial charge in [0.05, 0.1) is 20.7 Å². The third kappa shape index (κ3) is 2.73. The van der Waals surface area contributed by atoms with Gasteiger partial charge < -0.3 is 10.1 Å². The van der Waals surface area contributed by atoms with E-state index in [0.29, 0.717) is 24.2 Å². The Kier molecular flexibility index (Phi) is 4.07. The third-order valence-corrected chi connectivity index (χ3v) is 4.99. The maximum atomic E-state index is 12.7. The number of nitrogens with zero attached hydrogens (tertiary/aromatic N) is 2.